The molecule has 146 valence electrons. The summed E-state index contributed by atoms with van der Waals surface area (Å²) in [6.45, 7) is 0.236. The minimum Gasteiger partial charge on any atom is -0.458 e. The maximum absolute atomic E-state index is 13.1. The van der Waals surface area contributed by atoms with Crippen molar-refractivity contribution in [1.29, 1.82) is 0 Å². The van der Waals surface area contributed by atoms with E-state index in [0.29, 0.717) is 23.7 Å². The fourth-order valence-electron chi connectivity index (χ4n) is 4.68. The summed E-state index contributed by atoms with van der Waals surface area (Å²) in [5.74, 6) is 1.88. The van der Waals surface area contributed by atoms with Crippen LogP contribution in [0.2, 0.25) is 0 Å². The molecular weight excluding hydrogens is 372 g/mol. The maximum Gasteiger partial charge on any atom is 0.245 e. The Morgan fingerprint density at radius 3 is 2.76 bits per heavy atom. The quantitative estimate of drug-likeness (QED) is 0.638. The first-order valence-electron chi connectivity index (χ1n) is 9.58. The standard InChI is InChI=1S/C22H18N2O5/c1-23-10-19(25)24-15(22(23)26)9-14-13-4-2-3-5-16(13)29-21(14)20(24)12-6-7-17-18(8-12)28-11-27-17/h2-8,15,20H,9-11H2,1H3/t15-,20-/m1/s1. The summed E-state index contributed by atoms with van der Waals surface area (Å²) in [5.41, 5.74) is 2.59. The van der Waals surface area contributed by atoms with Crippen LogP contribution < -0.4 is 9.47 Å². The van der Waals surface area contributed by atoms with Gasteiger partial charge in [0.15, 0.2) is 11.5 Å². The third-order valence-electron chi connectivity index (χ3n) is 6.02. The minimum absolute atomic E-state index is 0.0497. The number of carbonyl (C=O) groups excluding carboxylic acids is 2. The van der Waals surface area contributed by atoms with Gasteiger partial charge in [-0.05, 0) is 23.8 Å². The summed E-state index contributed by atoms with van der Waals surface area (Å²) in [4.78, 5) is 29.2. The lowest BCUT2D eigenvalue weighted by Gasteiger charge is -2.45. The van der Waals surface area contributed by atoms with E-state index in [1.54, 1.807) is 11.9 Å². The monoisotopic (exact) mass is 390 g/mol. The average molecular weight is 390 g/mol. The van der Waals surface area contributed by atoms with E-state index in [1.165, 1.54) is 4.90 Å². The van der Waals surface area contributed by atoms with Crippen LogP contribution in [0.25, 0.3) is 11.0 Å². The number of amides is 2. The number of fused-ring (bicyclic) bond motifs is 5. The molecule has 0 radical (unpaired) electrons. The lowest BCUT2D eigenvalue weighted by molar-refractivity contribution is -0.157. The van der Waals surface area contributed by atoms with Crippen molar-refractivity contribution in [1.82, 2.24) is 9.80 Å². The molecule has 3 aromatic rings. The van der Waals surface area contributed by atoms with Crippen LogP contribution >= 0.6 is 0 Å². The zero-order valence-corrected chi connectivity index (χ0v) is 15.8. The molecule has 6 rings (SSSR count). The van der Waals surface area contributed by atoms with Crippen LogP contribution in [0.3, 0.4) is 0 Å². The van der Waals surface area contributed by atoms with Gasteiger partial charge in [0.25, 0.3) is 0 Å². The Morgan fingerprint density at radius 2 is 1.86 bits per heavy atom. The Hall–Kier alpha value is -3.48. The van der Waals surface area contributed by atoms with Gasteiger partial charge in [-0.25, -0.2) is 0 Å². The first-order chi connectivity index (χ1) is 14.1. The van der Waals surface area contributed by atoms with Crippen LogP contribution in [0, 0.1) is 0 Å². The molecule has 1 aromatic heterocycles. The van der Waals surface area contributed by atoms with E-state index in [2.05, 4.69) is 0 Å². The van der Waals surface area contributed by atoms with E-state index in [-0.39, 0.29) is 25.2 Å². The Morgan fingerprint density at radius 1 is 1.03 bits per heavy atom. The van der Waals surface area contributed by atoms with Gasteiger partial charge in [0.05, 0.1) is 6.54 Å². The second-order valence-corrected chi connectivity index (χ2v) is 7.67. The van der Waals surface area contributed by atoms with Crippen molar-refractivity contribution in [2.75, 3.05) is 20.4 Å². The van der Waals surface area contributed by atoms with Crippen LogP contribution in [-0.4, -0.2) is 48.0 Å². The number of ether oxygens (including phenoxy) is 2. The van der Waals surface area contributed by atoms with Gasteiger partial charge in [-0.15, -0.1) is 0 Å². The van der Waals surface area contributed by atoms with E-state index in [1.807, 2.05) is 42.5 Å². The van der Waals surface area contributed by atoms with Gasteiger partial charge >= 0.3 is 0 Å². The molecule has 2 atom stereocenters. The smallest absolute Gasteiger partial charge is 0.245 e. The van der Waals surface area contributed by atoms with Crippen LogP contribution in [0.15, 0.2) is 46.9 Å². The molecular formula is C22H18N2O5. The minimum atomic E-state index is -0.551. The molecule has 3 aliphatic heterocycles. The van der Waals surface area contributed by atoms with Crippen molar-refractivity contribution >= 4 is 22.8 Å². The van der Waals surface area contributed by atoms with Crippen LogP contribution in [0.1, 0.15) is 22.9 Å². The Kier molecular flexibility index (Phi) is 3.27. The number of benzene rings is 2. The molecule has 29 heavy (non-hydrogen) atoms. The number of likely N-dealkylation sites (N-methyl/N-ethyl adjacent to an activating group) is 1. The molecule has 0 N–H and O–H groups in total. The van der Waals surface area contributed by atoms with Gasteiger partial charge in [-0.3, -0.25) is 9.59 Å². The molecule has 2 aromatic carbocycles. The number of carbonyl (C=O) groups is 2. The molecule has 0 unspecified atom stereocenters. The van der Waals surface area contributed by atoms with Crippen molar-refractivity contribution in [3.63, 3.8) is 0 Å². The average Bonchev–Trinajstić information content (AvgIpc) is 3.34. The van der Waals surface area contributed by atoms with E-state index in [9.17, 15) is 9.59 Å². The topological polar surface area (TPSA) is 72.2 Å². The molecule has 0 bridgehead atoms. The number of para-hydroxylation sites is 1. The summed E-state index contributed by atoms with van der Waals surface area (Å²) < 4.78 is 17.2. The van der Waals surface area contributed by atoms with Gasteiger partial charge in [-0.2, -0.15) is 0 Å². The molecule has 0 spiro atoms. The van der Waals surface area contributed by atoms with E-state index in [4.69, 9.17) is 13.9 Å². The summed E-state index contributed by atoms with van der Waals surface area (Å²) in [6, 6.07) is 12.4. The zero-order valence-electron chi connectivity index (χ0n) is 15.8. The first-order valence-corrected chi connectivity index (χ1v) is 9.58. The third-order valence-corrected chi connectivity index (χ3v) is 6.02. The van der Waals surface area contributed by atoms with Gasteiger partial charge in [0, 0.05) is 24.4 Å². The summed E-state index contributed by atoms with van der Waals surface area (Å²) in [7, 11) is 1.68. The number of piperazine rings is 1. The maximum atomic E-state index is 13.1. The highest BCUT2D eigenvalue weighted by Crippen LogP contribution is 2.46. The second-order valence-electron chi connectivity index (χ2n) is 7.67. The zero-order chi connectivity index (χ0) is 19.7. The number of rotatable bonds is 1. The molecule has 1 fully saturated rings. The molecule has 0 aliphatic carbocycles. The highest BCUT2D eigenvalue weighted by Gasteiger charge is 2.48. The van der Waals surface area contributed by atoms with Crippen molar-refractivity contribution in [2.24, 2.45) is 0 Å². The number of furan rings is 1. The molecule has 4 heterocycles. The van der Waals surface area contributed by atoms with Crippen molar-refractivity contribution in [3.8, 4) is 11.5 Å². The fourth-order valence-corrected chi connectivity index (χ4v) is 4.68. The molecule has 0 saturated carbocycles. The lowest BCUT2D eigenvalue weighted by Crippen LogP contribution is -2.61. The number of nitrogens with zero attached hydrogens (tertiary/aromatic N) is 2. The van der Waals surface area contributed by atoms with Crippen molar-refractivity contribution < 1.29 is 23.5 Å². The molecule has 7 heteroatoms. The van der Waals surface area contributed by atoms with Gasteiger partial charge in [0.1, 0.15) is 23.4 Å². The van der Waals surface area contributed by atoms with Gasteiger partial charge < -0.3 is 23.7 Å². The van der Waals surface area contributed by atoms with Crippen molar-refractivity contribution in [2.45, 2.75) is 18.5 Å². The first kappa shape index (κ1) is 16.5. The molecule has 7 nitrogen and oxygen atoms in total. The van der Waals surface area contributed by atoms with Crippen molar-refractivity contribution in [3.05, 3.63) is 59.4 Å². The number of hydrogen-bond donors (Lipinski definition) is 0. The Labute approximate surface area is 166 Å². The summed E-state index contributed by atoms with van der Waals surface area (Å²) in [6.07, 6.45) is 0.447. The largest absolute Gasteiger partial charge is 0.458 e. The predicted molar refractivity (Wildman–Crippen MR) is 103 cm³/mol. The second kappa shape index (κ2) is 5.76. The van der Waals surface area contributed by atoms with Gasteiger partial charge in [-0.1, -0.05) is 24.3 Å². The molecule has 1 saturated heterocycles. The third kappa shape index (κ3) is 2.24. The fraction of sp³-hybridized carbons (Fsp3) is 0.273. The SMILES string of the molecule is CN1CC(=O)N2[C@H](c3ccc4c(c3)OCO4)c3oc4ccccc4c3C[C@@H]2C1=O. The number of hydrogen-bond acceptors (Lipinski definition) is 5. The highest BCUT2D eigenvalue weighted by molar-refractivity contribution is 5.97. The molecule has 2 amide bonds. The van der Waals surface area contributed by atoms with E-state index < -0.39 is 12.1 Å². The van der Waals surface area contributed by atoms with Crippen LogP contribution in [0.5, 0.6) is 11.5 Å². The highest BCUT2D eigenvalue weighted by atomic mass is 16.7. The normalized spacial score (nSPS) is 22.8. The van der Waals surface area contributed by atoms with Crippen LogP contribution in [0.4, 0.5) is 0 Å². The summed E-state index contributed by atoms with van der Waals surface area (Å²) >= 11 is 0. The lowest BCUT2D eigenvalue weighted by atomic mass is 9.86. The predicted octanol–water partition coefficient (Wildman–Crippen LogP) is 2.48. The Balaban J connectivity index is 1.59. The van der Waals surface area contributed by atoms with E-state index in [0.717, 1.165) is 22.1 Å². The van der Waals surface area contributed by atoms with Gasteiger partial charge in [0.2, 0.25) is 18.6 Å². The van der Waals surface area contributed by atoms with Crippen LogP contribution in [-0.2, 0) is 16.0 Å². The molecule has 3 aliphatic rings. The summed E-state index contributed by atoms with van der Waals surface area (Å²) in [5, 5.41) is 0.987. The van der Waals surface area contributed by atoms with E-state index >= 15 is 0 Å². The Bertz CT molecular complexity index is 1180.